The van der Waals surface area contributed by atoms with Crippen LogP contribution >= 0.6 is 7.82 Å². The van der Waals surface area contributed by atoms with Crippen LogP contribution in [0, 0.1) is 0 Å². The smallest absolute Gasteiger partial charge is 0.306 e. The Kier molecular flexibility index (Phi) is 39.8. The number of phosphoric ester groups is 1. The van der Waals surface area contributed by atoms with Crippen molar-refractivity contribution in [1.29, 1.82) is 0 Å². The van der Waals surface area contributed by atoms with Crippen molar-refractivity contribution in [2.45, 2.75) is 225 Å². The van der Waals surface area contributed by atoms with E-state index < -0.39 is 26.5 Å². The van der Waals surface area contributed by atoms with E-state index in [9.17, 15) is 29.3 Å². The standard InChI is InChI=1S/C44H88NO8P.C14H12O3/c1-6-8-10-12-14-16-18-20-22-24-26-28-30-32-34-36-43(46)50-40-42(41-52-54(48,49)51-39-38-45(3,4)5)53-44(47)37-35-33-31-29-27-25-23-21-19-17-15-13-11-9-7-2;15-12-5-3-10(4-6-12)1-2-11-7-13(16)9-14(17)8-11/h42H,6-41H2,1-5H3;1-9,15-17H/b;2-1+. The Morgan fingerprint density at radius 2 is 0.901 bits per heavy atom. The number of likely N-dealkylation sites (N-methyl/N-ethyl adjacent to an activating group) is 1. The second kappa shape index (κ2) is 43.0. The number of carbonyl (C=O) groups is 2. The van der Waals surface area contributed by atoms with Gasteiger partial charge >= 0.3 is 11.9 Å². The molecule has 2 aromatic rings. The highest BCUT2D eigenvalue weighted by Gasteiger charge is 2.22. The molecule has 13 heteroatoms. The molecule has 0 saturated carbocycles. The van der Waals surface area contributed by atoms with E-state index in [2.05, 4.69) is 13.8 Å². The molecule has 0 aliphatic heterocycles. The zero-order chi connectivity index (χ0) is 52.3. The van der Waals surface area contributed by atoms with Crippen LogP contribution in [-0.4, -0.2) is 85.4 Å². The van der Waals surface area contributed by atoms with Gasteiger partial charge in [-0.2, -0.15) is 0 Å². The molecule has 2 rings (SSSR count). The van der Waals surface area contributed by atoms with Gasteiger partial charge in [0, 0.05) is 18.9 Å². The molecule has 3 N–H and O–H groups in total. The van der Waals surface area contributed by atoms with Crippen LogP contribution in [0.3, 0.4) is 0 Å². The summed E-state index contributed by atoms with van der Waals surface area (Å²) < 4.78 is 33.9. The van der Waals surface area contributed by atoms with Gasteiger partial charge in [0.25, 0.3) is 7.82 Å². The maximum atomic E-state index is 12.7. The number of aromatic hydroxyl groups is 3. The minimum Gasteiger partial charge on any atom is -0.756 e. The Hall–Kier alpha value is -3.41. The third-order valence-electron chi connectivity index (χ3n) is 12.4. The monoisotopic (exact) mass is 1020 g/mol. The first-order chi connectivity index (χ1) is 34.1. The lowest BCUT2D eigenvalue weighted by molar-refractivity contribution is -0.870. The summed E-state index contributed by atoms with van der Waals surface area (Å²) in [5.41, 5.74) is 1.63. The molecule has 0 fully saturated rings. The van der Waals surface area contributed by atoms with Gasteiger partial charge < -0.3 is 43.2 Å². The fraction of sp³-hybridized carbons (Fsp3) is 0.724. The average Bonchev–Trinajstić information content (AvgIpc) is 3.31. The van der Waals surface area contributed by atoms with E-state index >= 15 is 0 Å². The van der Waals surface area contributed by atoms with Crippen molar-refractivity contribution in [3.05, 3.63) is 53.6 Å². The van der Waals surface area contributed by atoms with Crippen molar-refractivity contribution in [3.63, 3.8) is 0 Å². The van der Waals surface area contributed by atoms with Crippen molar-refractivity contribution in [2.24, 2.45) is 0 Å². The van der Waals surface area contributed by atoms with Crippen LogP contribution < -0.4 is 4.89 Å². The SMILES string of the molecule is CCCCCCCCCCCCCCCCCC(=O)OCC(COP(=O)([O-])OCC[N+](C)(C)C)OC(=O)CCCCCCCCCCCCCCCCC.Oc1ccc(/C=C/c2cc(O)cc(O)c2)cc1. The summed E-state index contributed by atoms with van der Waals surface area (Å²) in [5, 5.41) is 27.7. The lowest BCUT2D eigenvalue weighted by Crippen LogP contribution is -2.37. The van der Waals surface area contributed by atoms with Crippen molar-refractivity contribution < 1.29 is 57.4 Å². The van der Waals surface area contributed by atoms with E-state index in [0.29, 0.717) is 23.0 Å². The number of quaternary nitrogens is 1. The molecule has 0 heterocycles. The quantitative estimate of drug-likeness (QED) is 0.0190. The van der Waals surface area contributed by atoms with Crippen molar-refractivity contribution >= 4 is 31.9 Å². The van der Waals surface area contributed by atoms with Gasteiger partial charge in [-0.1, -0.05) is 218 Å². The van der Waals surface area contributed by atoms with E-state index in [-0.39, 0.29) is 49.3 Å². The molecule has 12 nitrogen and oxygen atoms in total. The van der Waals surface area contributed by atoms with Gasteiger partial charge in [-0.25, -0.2) is 0 Å². The molecular formula is C58H100NO11P. The lowest BCUT2D eigenvalue weighted by atomic mass is 10.0. The number of phenols is 3. The van der Waals surface area contributed by atoms with Gasteiger partial charge in [0.1, 0.15) is 37.0 Å². The third-order valence-corrected chi connectivity index (χ3v) is 13.4. The maximum Gasteiger partial charge on any atom is 0.306 e. The van der Waals surface area contributed by atoms with Gasteiger partial charge in [-0.3, -0.25) is 14.2 Å². The molecule has 0 saturated heterocycles. The summed E-state index contributed by atoms with van der Waals surface area (Å²) in [6.45, 7) is 4.27. The molecule has 408 valence electrons. The highest BCUT2D eigenvalue weighted by Crippen LogP contribution is 2.38. The minimum absolute atomic E-state index is 0.0235. The van der Waals surface area contributed by atoms with E-state index in [4.69, 9.17) is 23.6 Å². The van der Waals surface area contributed by atoms with Crippen LogP contribution in [0.2, 0.25) is 0 Å². The number of benzene rings is 2. The van der Waals surface area contributed by atoms with Crippen LogP contribution in [0.1, 0.15) is 230 Å². The number of carbonyl (C=O) groups excluding carboxylic acids is 2. The predicted molar refractivity (Wildman–Crippen MR) is 289 cm³/mol. The Morgan fingerprint density at radius 1 is 0.521 bits per heavy atom. The van der Waals surface area contributed by atoms with Gasteiger partial charge in [-0.05, 0) is 48.2 Å². The number of unbranched alkanes of at least 4 members (excludes halogenated alkanes) is 28. The molecule has 0 bridgehead atoms. The van der Waals surface area contributed by atoms with Crippen LogP contribution in [-0.2, 0) is 32.7 Å². The number of hydrogen-bond donors (Lipinski definition) is 3. The normalized spacial score (nSPS) is 12.9. The first kappa shape index (κ1) is 65.6. The molecule has 0 spiro atoms. The fourth-order valence-electron chi connectivity index (χ4n) is 8.03. The topological polar surface area (TPSA) is 172 Å². The number of phosphoric acid groups is 1. The van der Waals surface area contributed by atoms with Gasteiger partial charge in [0.05, 0.1) is 27.7 Å². The number of hydrogen-bond acceptors (Lipinski definition) is 11. The average molecular weight is 1020 g/mol. The van der Waals surface area contributed by atoms with Crippen LogP contribution in [0.5, 0.6) is 17.2 Å². The second-order valence-electron chi connectivity index (χ2n) is 20.5. The molecular weight excluding hydrogens is 918 g/mol. The summed E-state index contributed by atoms with van der Waals surface area (Å²) in [6, 6.07) is 11.1. The van der Waals surface area contributed by atoms with Gasteiger partial charge in [0.15, 0.2) is 6.10 Å². The van der Waals surface area contributed by atoms with Gasteiger partial charge in [0.2, 0.25) is 0 Å². The first-order valence-electron chi connectivity index (χ1n) is 27.9. The number of phenolic OH excluding ortho intramolecular Hbond substituents is 3. The van der Waals surface area contributed by atoms with Gasteiger partial charge in [-0.15, -0.1) is 0 Å². The number of esters is 2. The van der Waals surface area contributed by atoms with E-state index in [0.717, 1.165) is 37.7 Å². The number of ether oxygens (including phenoxy) is 2. The second-order valence-corrected chi connectivity index (χ2v) is 21.9. The Bertz CT molecular complexity index is 1660. The van der Waals surface area contributed by atoms with Crippen LogP contribution in [0.4, 0.5) is 0 Å². The summed E-state index contributed by atoms with van der Waals surface area (Å²) in [6.07, 6.45) is 40.5. The molecule has 2 aromatic carbocycles. The van der Waals surface area contributed by atoms with Crippen molar-refractivity contribution in [3.8, 4) is 17.2 Å². The largest absolute Gasteiger partial charge is 0.756 e. The number of nitrogens with zero attached hydrogens (tertiary/aromatic N) is 1. The Balaban J connectivity index is 0.00000123. The van der Waals surface area contributed by atoms with E-state index in [1.165, 1.54) is 160 Å². The van der Waals surface area contributed by atoms with Crippen LogP contribution in [0.25, 0.3) is 12.2 Å². The highest BCUT2D eigenvalue weighted by molar-refractivity contribution is 7.45. The minimum atomic E-state index is -4.62. The highest BCUT2D eigenvalue weighted by atomic mass is 31.2. The molecule has 0 aliphatic carbocycles. The molecule has 71 heavy (non-hydrogen) atoms. The molecule has 0 amide bonds. The van der Waals surface area contributed by atoms with Crippen molar-refractivity contribution in [2.75, 3.05) is 47.5 Å². The summed E-state index contributed by atoms with van der Waals surface area (Å²) in [7, 11) is 1.18. The molecule has 2 unspecified atom stereocenters. The maximum absolute atomic E-state index is 12.7. The summed E-state index contributed by atoms with van der Waals surface area (Å²) >= 11 is 0. The zero-order valence-corrected chi connectivity index (χ0v) is 46.1. The summed E-state index contributed by atoms with van der Waals surface area (Å²) in [4.78, 5) is 37.5. The van der Waals surface area contributed by atoms with E-state index in [1.54, 1.807) is 42.5 Å². The third kappa shape index (κ3) is 42.8. The molecule has 2 atom stereocenters. The summed E-state index contributed by atoms with van der Waals surface area (Å²) in [5.74, 6) is -0.552. The van der Waals surface area contributed by atoms with E-state index in [1.807, 2.05) is 27.2 Å². The first-order valence-corrected chi connectivity index (χ1v) is 29.3. The lowest BCUT2D eigenvalue weighted by Gasteiger charge is -2.28. The van der Waals surface area contributed by atoms with Crippen molar-refractivity contribution in [1.82, 2.24) is 0 Å². The fourth-order valence-corrected chi connectivity index (χ4v) is 8.76. The number of rotatable bonds is 44. The van der Waals surface area contributed by atoms with Crippen LogP contribution in [0.15, 0.2) is 42.5 Å². The molecule has 0 radical (unpaired) electrons. The molecule has 0 aromatic heterocycles. The molecule has 0 aliphatic rings. The Morgan fingerprint density at radius 3 is 1.31 bits per heavy atom. The predicted octanol–water partition coefficient (Wildman–Crippen LogP) is 15.1. The Labute approximate surface area is 431 Å². The zero-order valence-electron chi connectivity index (χ0n) is 45.2.